The van der Waals surface area contributed by atoms with Crippen LogP contribution in [0.5, 0.6) is 0 Å². The lowest BCUT2D eigenvalue weighted by Crippen LogP contribution is -2.18. The highest BCUT2D eigenvalue weighted by Crippen LogP contribution is 2.28. The van der Waals surface area contributed by atoms with Gasteiger partial charge in [0.05, 0.1) is 19.3 Å². The van der Waals surface area contributed by atoms with Crippen molar-refractivity contribution < 1.29 is 9.84 Å². The highest BCUT2D eigenvalue weighted by molar-refractivity contribution is 7.99. The molecule has 0 heterocycles. The zero-order chi connectivity index (χ0) is 15.1. The summed E-state index contributed by atoms with van der Waals surface area (Å²) in [5, 5.41) is 10.6. The van der Waals surface area contributed by atoms with Gasteiger partial charge in [-0.25, -0.2) is 0 Å². The maximum absolute atomic E-state index is 9.93. The third-order valence-corrected chi connectivity index (χ3v) is 4.28. The molecule has 1 atom stereocenters. The molecule has 3 N–H and O–H groups in total. The molecule has 3 nitrogen and oxygen atoms in total. The summed E-state index contributed by atoms with van der Waals surface area (Å²) in [5.74, 6) is 0.513. The van der Waals surface area contributed by atoms with Gasteiger partial charge in [0.15, 0.2) is 0 Å². The number of hydrogen-bond acceptors (Lipinski definition) is 4. The van der Waals surface area contributed by atoms with Crippen LogP contribution in [-0.4, -0.2) is 23.6 Å². The van der Waals surface area contributed by atoms with E-state index in [-0.39, 0.29) is 0 Å². The molecule has 5 heteroatoms. The number of ether oxygens (including phenoxy) is 1. The molecular formula is C16H18ClNO2S. The predicted octanol–water partition coefficient (Wildman–Crippen LogP) is 3.59. The van der Waals surface area contributed by atoms with Crippen LogP contribution in [0.1, 0.15) is 5.56 Å². The van der Waals surface area contributed by atoms with Gasteiger partial charge >= 0.3 is 0 Å². The molecule has 2 aromatic rings. The van der Waals surface area contributed by atoms with Crippen molar-refractivity contribution in [1.82, 2.24) is 0 Å². The lowest BCUT2D eigenvalue weighted by Gasteiger charge is -2.12. The Hall–Kier alpha value is -1.20. The van der Waals surface area contributed by atoms with E-state index in [1.807, 2.05) is 30.3 Å². The molecule has 1 unspecified atom stereocenters. The first-order chi connectivity index (χ1) is 10.1. The van der Waals surface area contributed by atoms with Crippen molar-refractivity contribution in [2.24, 2.45) is 0 Å². The van der Waals surface area contributed by atoms with Crippen molar-refractivity contribution in [1.29, 1.82) is 0 Å². The zero-order valence-electron chi connectivity index (χ0n) is 11.5. The Morgan fingerprint density at radius 3 is 2.71 bits per heavy atom. The summed E-state index contributed by atoms with van der Waals surface area (Å²) >= 11 is 7.40. The Bertz CT molecular complexity index is 565. The van der Waals surface area contributed by atoms with Gasteiger partial charge in [0.1, 0.15) is 0 Å². The van der Waals surface area contributed by atoms with Gasteiger partial charge in [0.25, 0.3) is 0 Å². The summed E-state index contributed by atoms with van der Waals surface area (Å²) in [6.45, 7) is 0.796. The summed E-state index contributed by atoms with van der Waals surface area (Å²) < 4.78 is 5.50. The minimum absolute atomic E-state index is 0.294. The molecule has 0 radical (unpaired) electrons. The third-order valence-electron chi connectivity index (χ3n) is 2.83. The summed E-state index contributed by atoms with van der Waals surface area (Å²) in [6.07, 6.45) is -0.544. The third kappa shape index (κ3) is 5.59. The summed E-state index contributed by atoms with van der Waals surface area (Å²) in [7, 11) is 0. The molecule has 0 aromatic heterocycles. The summed E-state index contributed by atoms with van der Waals surface area (Å²) in [4.78, 5) is 0.879. The molecule has 112 valence electrons. The first-order valence-corrected chi connectivity index (χ1v) is 7.99. The number of nitrogens with two attached hydrogens (primary N) is 1. The fourth-order valence-corrected chi connectivity index (χ4v) is 2.90. The number of thioether (sulfide) groups is 1. The van der Waals surface area contributed by atoms with Crippen molar-refractivity contribution in [3.8, 4) is 0 Å². The fourth-order valence-electron chi connectivity index (χ4n) is 1.75. The topological polar surface area (TPSA) is 55.5 Å². The molecular weight excluding hydrogens is 306 g/mol. The molecule has 0 fully saturated rings. The minimum atomic E-state index is -0.544. The molecule has 2 rings (SSSR count). The van der Waals surface area contributed by atoms with E-state index in [9.17, 15) is 5.11 Å². The molecule has 0 spiro atoms. The van der Waals surface area contributed by atoms with Crippen molar-refractivity contribution >= 4 is 29.1 Å². The van der Waals surface area contributed by atoms with Crippen LogP contribution in [0.4, 0.5) is 5.69 Å². The second-order valence-corrected chi connectivity index (χ2v) is 6.15. The van der Waals surface area contributed by atoms with Crippen molar-refractivity contribution in [2.45, 2.75) is 17.6 Å². The molecule has 2 aromatic carbocycles. The second-order valence-electron chi connectivity index (χ2n) is 4.65. The first kappa shape index (κ1) is 16.2. The zero-order valence-corrected chi connectivity index (χ0v) is 13.1. The molecule has 21 heavy (non-hydrogen) atoms. The molecule has 0 amide bonds. The van der Waals surface area contributed by atoms with Gasteiger partial charge in [-0.1, -0.05) is 41.9 Å². The van der Waals surface area contributed by atoms with Gasteiger partial charge < -0.3 is 15.6 Å². The molecule has 0 saturated heterocycles. The average Bonchev–Trinajstić information content (AvgIpc) is 2.49. The van der Waals surface area contributed by atoms with Crippen LogP contribution in [0.15, 0.2) is 53.4 Å². The van der Waals surface area contributed by atoms with E-state index < -0.39 is 6.10 Å². The van der Waals surface area contributed by atoms with Crippen LogP contribution in [0.2, 0.25) is 5.02 Å². The van der Waals surface area contributed by atoms with E-state index in [0.29, 0.717) is 29.7 Å². The Morgan fingerprint density at radius 1 is 1.19 bits per heavy atom. The highest BCUT2D eigenvalue weighted by Gasteiger charge is 2.08. The number of aliphatic hydroxyl groups excluding tert-OH is 1. The van der Waals surface area contributed by atoms with Crippen LogP contribution in [-0.2, 0) is 11.3 Å². The Labute approximate surface area is 134 Å². The quantitative estimate of drug-likeness (QED) is 0.604. The van der Waals surface area contributed by atoms with Crippen LogP contribution in [0, 0.1) is 0 Å². The van der Waals surface area contributed by atoms with Gasteiger partial charge in [-0.15, -0.1) is 11.8 Å². The number of benzene rings is 2. The van der Waals surface area contributed by atoms with E-state index >= 15 is 0 Å². The largest absolute Gasteiger partial charge is 0.398 e. The fraction of sp³-hybridized carbons (Fsp3) is 0.250. The summed E-state index contributed by atoms with van der Waals surface area (Å²) in [5.41, 5.74) is 7.62. The predicted molar refractivity (Wildman–Crippen MR) is 88.7 cm³/mol. The molecule has 0 bridgehead atoms. The summed E-state index contributed by atoms with van der Waals surface area (Å²) in [6, 6.07) is 15.2. The minimum Gasteiger partial charge on any atom is -0.398 e. The van der Waals surface area contributed by atoms with Gasteiger partial charge in [-0.05, 0) is 23.8 Å². The van der Waals surface area contributed by atoms with Crippen molar-refractivity contribution in [3.05, 3.63) is 59.1 Å². The molecule has 0 aliphatic heterocycles. The number of aliphatic hydroxyl groups is 1. The number of halogens is 1. The molecule has 0 aliphatic rings. The van der Waals surface area contributed by atoms with Gasteiger partial charge in [0.2, 0.25) is 0 Å². The van der Waals surface area contributed by atoms with Crippen LogP contribution < -0.4 is 5.73 Å². The highest BCUT2D eigenvalue weighted by atomic mass is 35.5. The SMILES string of the molecule is Nc1ccc(Cl)cc1SCC(O)COCc1ccccc1. The van der Waals surface area contributed by atoms with E-state index in [1.54, 1.807) is 18.2 Å². The van der Waals surface area contributed by atoms with Crippen molar-refractivity contribution in [2.75, 3.05) is 18.1 Å². The number of hydrogen-bond donors (Lipinski definition) is 2. The smallest absolute Gasteiger partial charge is 0.0867 e. The Kier molecular flexibility index (Phi) is 6.39. The maximum atomic E-state index is 9.93. The average molecular weight is 324 g/mol. The van der Waals surface area contributed by atoms with E-state index in [4.69, 9.17) is 22.1 Å². The molecule has 0 saturated carbocycles. The monoisotopic (exact) mass is 323 g/mol. The van der Waals surface area contributed by atoms with Crippen molar-refractivity contribution in [3.63, 3.8) is 0 Å². The van der Waals surface area contributed by atoms with Crippen LogP contribution in [0.3, 0.4) is 0 Å². The van der Waals surface area contributed by atoms with Gasteiger partial charge in [-0.3, -0.25) is 0 Å². The first-order valence-electron chi connectivity index (χ1n) is 6.62. The van der Waals surface area contributed by atoms with Crippen LogP contribution >= 0.6 is 23.4 Å². The van der Waals surface area contributed by atoms with E-state index in [1.165, 1.54) is 11.8 Å². The second kappa shape index (κ2) is 8.29. The lowest BCUT2D eigenvalue weighted by molar-refractivity contribution is 0.0398. The molecule has 0 aliphatic carbocycles. The van der Waals surface area contributed by atoms with Crippen LogP contribution in [0.25, 0.3) is 0 Å². The normalized spacial score (nSPS) is 12.3. The van der Waals surface area contributed by atoms with Gasteiger partial charge in [-0.2, -0.15) is 0 Å². The van der Waals surface area contributed by atoms with E-state index in [0.717, 1.165) is 10.5 Å². The number of rotatable bonds is 7. The Balaban J connectivity index is 1.72. The maximum Gasteiger partial charge on any atom is 0.0867 e. The van der Waals surface area contributed by atoms with Gasteiger partial charge in [0, 0.05) is 21.4 Å². The number of nitrogen functional groups attached to an aromatic ring is 1. The Morgan fingerprint density at radius 2 is 1.95 bits per heavy atom. The standard InChI is InChI=1S/C16H18ClNO2S/c17-13-6-7-15(18)16(8-13)21-11-14(19)10-20-9-12-4-2-1-3-5-12/h1-8,14,19H,9-11,18H2. The number of anilines is 1. The van der Waals surface area contributed by atoms with E-state index in [2.05, 4.69) is 0 Å². The lowest BCUT2D eigenvalue weighted by atomic mass is 10.2.